The summed E-state index contributed by atoms with van der Waals surface area (Å²) in [7, 11) is 2.26. The Hall–Kier alpha value is -2.44. The number of benzene rings is 1. The molecule has 3 aromatic rings. The van der Waals surface area contributed by atoms with Crippen LogP contribution in [-0.4, -0.2) is 56.2 Å². The van der Waals surface area contributed by atoms with Crippen molar-refractivity contribution in [2.24, 2.45) is 0 Å². The van der Waals surface area contributed by atoms with Gasteiger partial charge in [0.15, 0.2) is 0 Å². The number of fused-ring (bicyclic) bond motifs is 2. The molecule has 0 bridgehead atoms. The smallest absolute Gasteiger partial charge is 0.0926 e. The van der Waals surface area contributed by atoms with Gasteiger partial charge in [-0.15, -0.1) is 0 Å². The SMILES string of the molecule is Cc1cccc(-n2cc(CN3CCC4(CC3)c3nc[nH]c3CCN4C)cn2)c1. The van der Waals surface area contributed by atoms with Crippen molar-refractivity contribution in [1.82, 2.24) is 29.5 Å². The van der Waals surface area contributed by atoms with E-state index in [4.69, 9.17) is 4.98 Å². The number of nitrogens with one attached hydrogen (secondary N) is 1. The second kappa shape index (κ2) is 6.87. The summed E-state index contributed by atoms with van der Waals surface area (Å²) in [6.07, 6.45) is 9.39. The van der Waals surface area contributed by atoms with Crippen LogP contribution in [0.5, 0.6) is 0 Å². The monoisotopic (exact) mass is 376 g/mol. The molecule has 0 saturated carbocycles. The van der Waals surface area contributed by atoms with E-state index in [-0.39, 0.29) is 5.54 Å². The predicted molar refractivity (Wildman–Crippen MR) is 109 cm³/mol. The first kappa shape index (κ1) is 17.6. The van der Waals surface area contributed by atoms with Crippen LogP contribution >= 0.6 is 0 Å². The molecule has 2 aliphatic rings. The molecule has 1 N–H and O–H groups in total. The first-order chi connectivity index (χ1) is 13.6. The third-order valence-corrected chi connectivity index (χ3v) is 6.58. The summed E-state index contributed by atoms with van der Waals surface area (Å²) in [6, 6.07) is 8.47. The van der Waals surface area contributed by atoms with Crippen LogP contribution in [0.3, 0.4) is 0 Å². The molecule has 1 saturated heterocycles. The maximum absolute atomic E-state index is 4.71. The fraction of sp³-hybridized carbons (Fsp3) is 0.455. The molecule has 1 aromatic carbocycles. The van der Waals surface area contributed by atoms with Crippen LogP contribution in [0.15, 0.2) is 43.0 Å². The molecule has 2 aliphatic heterocycles. The Morgan fingerprint density at radius 2 is 2.04 bits per heavy atom. The van der Waals surface area contributed by atoms with E-state index in [1.165, 1.54) is 22.5 Å². The molecule has 5 rings (SSSR count). The van der Waals surface area contributed by atoms with Crippen molar-refractivity contribution in [1.29, 1.82) is 0 Å². The second-order valence-corrected chi connectivity index (χ2v) is 8.34. The van der Waals surface area contributed by atoms with E-state index < -0.39 is 0 Å². The van der Waals surface area contributed by atoms with Gasteiger partial charge in [0, 0.05) is 50.1 Å². The van der Waals surface area contributed by atoms with Crippen LogP contribution in [-0.2, 0) is 18.5 Å². The minimum atomic E-state index is 0.107. The maximum Gasteiger partial charge on any atom is 0.0926 e. The molecule has 2 aromatic heterocycles. The van der Waals surface area contributed by atoms with Gasteiger partial charge in [0.05, 0.1) is 29.4 Å². The van der Waals surface area contributed by atoms with Crippen LogP contribution < -0.4 is 0 Å². The highest BCUT2D eigenvalue weighted by atomic mass is 15.3. The average molecular weight is 377 g/mol. The molecule has 6 heteroatoms. The first-order valence-corrected chi connectivity index (χ1v) is 10.2. The fourth-order valence-electron chi connectivity index (χ4n) is 4.90. The van der Waals surface area contributed by atoms with Gasteiger partial charge in [-0.1, -0.05) is 12.1 Å². The Morgan fingerprint density at radius 1 is 1.18 bits per heavy atom. The summed E-state index contributed by atoms with van der Waals surface area (Å²) in [4.78, 5) is 13.2. The zero-order valence-electron chi connectivity index (χ0n) is 16.7. The van der Waals surface area contributed by atoms with Crippen LogP contribution in [0.1, 0.15) is 35.4 Å². The number of nitrogens with zero attached hydrogens (tertiary/aromatic N) is 5. The standard InChI is InChI=1S/C22H28N6/c1-17-4-3-5-19(12-17)28-15-18(13-25-28)14-27-10-7-22(8-11-27)21-20(23-16-24-21)6-9-26(22)2/h3-5,12-13,15-16H,6-11,14H2,1-2H3,(H,23,24). The number of aryl methyl sites for hydroxylation is 1. The lowest BCUT2D eigenvalue weighted by molar-refractivity contribution is 0.0221. The molecular weight excluding hydrogens is 348 g/mol. The van der Waals surface area contributed by atoms with Crippen LogP contribution in [0.25, 0.3) is 5.69 Å². The molecule has 0 unspecified atom stereocenters. The van der Waals surface area contributed by atoms with Crippen molar-refractivity contribution in [3.05, 3.63) is 65.5 Å². The quantitative estimate of drug-likeness (QED) is 0.764. The third kappa shape index (κ3) is 2.97. The Balaban J connectivity index is 1.28. The van der Waals surface area contributed by atoms with E-state index >= 15 is 0 Å². The lowest BCUT2D eigenvalue weighted by Crippen LogP contribution is -2.54. The van der Waals surface area contributed by atoms with Gasteiger partial charge in [0.2, 0.25) is 0 Å². The predicted octanol–water partition coefficient (Wildman–Crippen LogP) is 2.88. The highest BCUT2D eigenvalue weighted by molar-refractivity contribution is 5.35. The Labute approximate surface area is 166 Å². The van der Waals surface area contributed by atoms with E-state index in [2.05, 4.69) is 64.3 Å². The number of hydrogen-bond donors (Lipinski definition) is 1. The zero-order valence-corrected chi connectivity index (χ0v) is 16.7. The fourth-order valence-corrected chi connectivity index (χ4v) is 4.90. The summed E-state index contributed by atoms with van der Waals surface area (Å²) >= 11 is 0. The average Bonchev–Trinajstić information content (AvgIpc) is 3.36. The van der Waals surface area contributed by atoms with Crippen molar-refractivity contribution in [3.8, 4) is 5.69 Å². The number of piperidine rings is 1. The Morgan fingerprint density at radius 3 is 2.86 bits per heavy atom. The van der Waals surface area contributed by atoms with Crippen molar-refractivity contribution in [2.75, 3.05) is 26.7 Å². The lowest BCUT2D eigenvalue weighted by Gasteiger charge is -2.49. The van der Waals surface area contributed by atoms with Crippen molar-refractivity contribution in [2.45, 2.75) is 38.3 Å². The first-order valence-electron chi connectivity index (χ1n) is 10.2. The summed E-state index contributed by atoms with van der Waals surface area (Å²) in [5.41, 5.74) is 6.38. The Bertz CT molecular complexity index is 963. The van der Waals surface area contributed by atoms with E-state index in [1.807, 2.05) is 17.2 Å². The van der Waals surface area contributed by atoms with E-state index in [0.29, 0.717) is 0 Å². The number of hydrogen-bond acceptors (Lipinski definition) is 4. The normalized spacial score (nSPS) is 19.8. The van der Waals surface area contributed by atoms with E-state index in [9.17, 15) is 0 Å². The minimum Gasteiger partial charge on any atom is -0.348 e. The van der Waals surface area contributed by atoms with Gasteiger partial charge in [-0.2, -0.15) is 5.10 Å². The number of imidazole rings is 1. The number of aromatic amines is 1. The summed E-state index contributed by atoms with van der Waals surface area (Å²) < 4.78 is 1.98. The summed E-state index contributed by atoms with van der Waals surface area (Å²) in [6.45, 7) is 6.36. The molecule has 0 amide bonds. The molecule has 1 spiro atoms. The maximum atomic E-state index is 4.71. The Kier molecular flexibility index (Phi) is 4.33. The molecule has 0 radical (unpaired) electrons. The molecule has 0 aliphatic carbocycles. The third-order valence-electron chi connectivity index (χ3n) is 6.58. The molecule has 146 valence electrons. The lowest BCUT2D eigenvalue weighted by atomic mass is 9.79. The van der Waals surface area contributed by atoms with Crippen molar-refractivity contribution >= 4 is 0 Å². The number of likely N-dealkylation sites (N-methyl/N-ethyl adjacent to an activating group) is 1. The highest BCUT2D eigenvalue weighted by Gasteiger charge is 2.44. The number of likely N-dealkylation sites (tertiary alicyclic amines) is 1. The van der Waals surface area contributed by atoms with Gasteiger partial charge in [0.25, 0.3) is 0 Å². The van der Waals surface area contributed by atoms with E-state index in [0.717, 1.165) is 51.1 Å². The van der Waals surface area contributed by atoms with Crippen LogP contribution in [0.2, 0.25) is 0 Å². The van der Waals surface area contributed by atoms with Crippen LogP contribution in [0.4, 0.5) is 0 Å². The van der Waals surface area contributed by atoms with Crippen LogP contribution in [0, 0.1) is 6.92 Å². The topological polar surface area (TPSA) is 53.0 Å². The molecular formula is C22H28N6. The molecule has 6 nitrogen and oxygen atoms in total. The van der Waals surface area contributed by atoms with Crippen molar-refractivity contribution in [3.63, 3.8) is 0 Å². The highest BCUT2D eigenvalue weighted by Crippen LogP contribution is 2.41. The van der Waals surface area contributed by atoms with Gasteiger partial charge in [-0.3, -0.25) is 9.80 Å². The van der Waals surface area contributed by atoms with E-state index in [1.54, 1.807) is 0 Å². The zero-order chi connectivity index (χ0) is 19.1. The molecule has 1 fully saturated rings. The van der Waals surface area contributed by atoms with Gasteiger partial charge < -0.3 is 4.98 Å². The summed E-state index contributed by atoms with van der Waals surface area (Å²) in [5, 5.41) is 4.58. The van der Waals surface area contributed by atoms with Gasteiger partial charge in [-0.05, 0) is 44.5 Å². The minimum absolute atomic E-state index is 0.107. The van der Waals surface area contributed by atoms with Gasteiger partial charge in [0.1, 0.15) is 0 Å². The number of aromatic nitrogens is 4. The van der Waals surface area contributed by atoms with Gasteiger partial charge >= 0.3 is 0 Å². The number of rotatable bonds is 3. The second-order valence-electron chi connectivity index (χ2n) is 8.34. The van der Waals surface area contributed by atoms with Crippen molar-refractivity contribution < 1.29 is 0 Å². The molecule has 0 atom stereocenters. The molecule has 4 heterocycles. The van der Waals surface area contributed by atoms with Gasteiger partial charge in [-0.25, -0.2) is 9.67 Å². The number of H-pyrrole nitrogens is 1. The summed E-state index contributed by atoms with van der Waals surface area (Å²) in [5.74, 6) is 0. The molecule has 28 heavy (non-hydrogen) atoms. The largest absolute Gasteiger partial charge is 0.348 e.